The van der Waals surface area contributed by atoms with Crippen LogP contribution in [-0.4, -0.2) is 62.6 Å². The zero-order chi connectivity index (χ0) is 16.1. The van der Waals surface area contributed by atoms with Gasteiger partial charge in [0.25, 0.3) is 0 Å². The number of hydrogen-bond acceptors (Lipinski definition) is 4. The lowest BCUT2D eigenvalue weighted by molar-refractivity contribution is -0.138. The summed E-state index contributed by atoms with van der Waals surface area (Å²) in [4.78, 5) is 27.3. The molecule has 0 atom stereocenters. The van der Waals surface area contributed by atoms with Crippen molar-refractivity contribution >= 4 is 11.8 Å². The molecule has 0 aliphatic carbocycles. The Labute approximate surface area is 130 Å². The summed E-state index contributed by atoms with van der Waals surface area (Å²) in [6, 6.07) is 0. The van der Waals surface area contributed by atoms with Crippen LogP contribution in [0.2, 0.25) is 0 Å². The Morgan fingerprint density at radius 3 is 2.64 bits per heavy atom. The topological polar surface area (TPSA) is 71.3 Å². The second-order valence-corrected chi connectivity index (χ2v) is 5.51. The predicted molar refractivity (Wildman–Crippen MR) is 82.0 cm³/mol. The zero-order valence-corrected chi connectivity index (χ0v) is 13.2. The van der Waals surface area contributed by atoms with Crippen molar-refractivity contribution in [3.63, 3.8) is 0 Å². The second-order valence-electron chi connectivity index (χ2n) is 5.51. The fourth-order valence-electron chi connectivity index (χ4n) is 2.79. The molecule has 1 aliphatic heterocycles. The van der Waals surface area contributed by atoms with Crippen LogP contribution in [0.3, 0.4) is 0 Å². The molecule has 0 bridgehead atoms. The molecule has 0 N–H and O–H groups in total. The summed E-state index contributed by atoms with van der Waals surface area (Å²) in [5.74, 6) is 1.11. The summed E-state index contributed by atoms with van der Waals surface area (Å²) < 4.78 is 1.93. The largest absolute Gasteiger partial charge is 0.341 e. The number of carbonyl (C=O) groups excluding carboxylic acids is 2. The van der Waals surface area contributed by atoms with E-state index in [1.807, 2.05) is 23.4 Å². The van der Waals surface area contributed by atoms with E-state index in [1.165, 1.54) is 11.0 Å². The monoisotopic (exact) mass is 305 g/mol. The van der Waals surface area contributed by atoms with Gasteiger partial charge in [-0.3, -0.25) is 9.59 Å². The van der Waals surface area contributed by atoms with Crippen LogP contribution in [0.1, 0.15) is 31.5 Å². The molecule has 0 saturated carbocycles. The van der Waals surface area contributed by atoms with Crippen LogP contribution in [0.5, 0.6) is 0 Å². The molecule has 2 rings (SSSR count). The Kier molecular flexibility index (Phi) is 5.30. The summed E-state index contributed by atoms with van der Waals surface area (Å²) in [5.41, 5.74) is 0. The second kappa shape index (κ2) is 7.20. The maximum absolute atomic E-state index is 12.3. The van der Waals surface area contributed by atoms with Crippen LogP contribution < -0.4 is 0 Å². The van der Waals surface area contributed by atoms with Gasteiger partial charge in [-0.05, 0) is 25.8 Å². The number of carbonyl (C=O) groups is 2. The molecule has 1 saturated heterocycles. The van der Waals surface area contributed by atoms with E-state index in [0.717, 1.165) is 18.7 Å². The Morgan fingerprint density at radius 1 is 1.45 bits per heavy atom. The van der Waals surface area contributed by atoms with Crippen LogP contribution in [0.15, 0.2) is 19.0 Å². The van der Waals surface area contributed by atoms with Crippen LogP contribution >= 0.6 is 0 Å². The smallest absolute Gasteiger partial charge is 0.246 e. The summed E-state index contributed by atoms with van der Waals surface area (Å²) in [7, 11) is 1.94. The van der Waals surface area contributed by atoms with E-state index in [-0.39, 0.29) is 18.4 Å². The number of aromatic nitrogens is 3. The average Bonchev–Trinajstić information content (AvgIpc) is 2.97. The summed E-state index contributed by atoms with van der Waals surface area (Å²) in [6.07, 6.45) is 4.70. The molecule has 2 heterocycles. The number of likely N-dealkylation sites (N-methyl/N-ethyl adjacent to an activating group) is 1. The molecule has 1 aliphatic rings. The fourth-order valence-corrected chi connectivity index (χ4v) is 2.79. The number of aryl methyl sites for hydroxylation is 1. The van der Waals surface area contributed by atoms with E-state index in [9.17, 15) is 9.59 Å². The first-order chi connectivity index (χ1) is 10.6. The molecule has 0 aromatic carbocycles. The minimum Gasteiger partial charge on any atom is -0.341 e. The van der Waals surface area contributed by atoms with Crippen molar-refractivity contribution in [1.29, 1.82) is 0 Å². The highest BCUT2D eigenvalue weighted by Crippen LogP contribution is 2.26. The standard InChI is InChI=1S/C15H23N5O2/c1-4-13(21)19(5-2)10-14(22)20-8-6-12(7-9-20)15-17-16-11-18(15)3/h4,11-12H,1,5-10H2,2-3H3. The summed E-state index contributed by atoms with van der Waals surface area (Å²) in [5, 5.41) is 8.06. The molecule has 1 fully saturated rings. The SMILES string of the molecule is C=CC(=O)N(CC)CC(=O)N1CCC(c2nncn2C)CC1. The quantitative estimate of drug-likeness (QED) is 0.745. The van der Waals surface area contributed by atoms with Crippen LogP contribution in [-0.2, 0) is 16.6 Å². The predicted octanol–water partition coefficient (Wildman–Crippen LogP) is 0.556. The zero-order valence-electron chi connectivity index (χ0n) is 13.2. The van der Waals surface area contributed by atoms with Crippen LogP contribution in [0.25, 0.3) is 0 Å². The Morgan fingerprint density at radius 2 is 2.14 bits per heavy atom. The van der Waals surface area contributed by atoms with Gasteiger partial charge >= 0.3 is 0 Å². The number of nitrogens with zero attached hydrogens (tertiary/aromatic N) is 5. The van der Waals surface area contributed by atoms with Crippen molar-refractivity contribution in [1.82, 2.24) is 24.6 Å². The number of amides is 2. The molecule has 7 nitrogen and oxygen atoms in total. The first kappa shape index (κ1) is 16.2. The molecule has 120 valence electrons. The molecule has 2 amide bonds. The van der Waals surface area contributed by atoms with Crippen molar-refractivity contribution in [2.45, 2.75) is 25.7 Å². The van der Waals surface area contributed by atoms with Crippen molar-refractivity contribution in [2.24, 2.45) is 7.05 Å². The van der Waals surface area contributed by atoms with Crippen molar-refractivity contribution in [3.8, 4) is 0 Å². The Bertz CT molecular complexity index is 546. The first-order valence-corrected chi connectivity index (χ1v) is 7.59. The van der Waals surface area contributed by atoms with E-state index in [4.69, 9.17) is 0 Å². The molecular formula is C15H23N5O2. The lowest BCUT2D eigenvalue weighted by Crippen LogP contribution is -2.45. The number of piperidine rings is 1. The molecule has 0 radical (unpaired) electrons. The maximum Gasteiger partial charge on any atom is 0.246 e. The third kappa shape index (κ3) is 3.52. The molecular weight excluding hydrogens is 282 g/mol. The maximum atomic E-state index is 12.3. The van der Waals surface area contributed by atoms with Gasteiger partial charge in [0, 0.05) is 32.6 Å². The van der Waals surface area contributed by atoms with Gasteiger partial charge in [0.2, 0.25) is 11.8 Å². The van der Waals surface area contributed by atoms with Gasteiger partial charge in [-0.2, -0.15) is 0 Å². The highest BCUT2D eigenvalue weighted by molar-refractivity contribution is 5.90. The number of hydrogen-bond donors (Lipinski definition) is 0. The van der Waals surface area contributed by atoms with E-state index >= 15 is 0 Å². The van der Waals surface area contributed by atoms with Gasteiger partial charge in [0.15, 0.2) is 0 Å². The molecule has 1 aromatic heterocycles. The average molecular weight is 305 g/mol. The third-order valence-electron chi connectivity index (χ3n) is 4.15. The van der Waals surface area contributed by atoms with E-state index in [0.29, 0.717) is 25.6 Å². The number of rotatable bonds is 5. The summed E-state index contributed by atoms with van der Waals surface area (Å²) in [6.45, 7) is 7.33. The molecule has 7 heteroatoms. The van der Waals surface area contributed by atoms with Crippen LogP contribution in [0, 0.1) is 0 Å². The van der Waals surface area contributed by atoms with Crippen molar-refractivity contribution in [2.75, 3.05) is 26.2 Å². The minimum absolute atomic E-state index is 0.00605. The Hall–Kier alpha value is -2.18. The van der Waals surface area contributed by atoms with E-state index in [2.05, 4.69) is 16.8 Å². The third-order valence-corrected chi connectivity index (χ3v) is 4.15. The van der Waals surface area contributed by atoms with Gasteiger partial charge in [-0.1, -0.05) is 6.58 Å². The molecule has 0 spiro atoms. The highest BCUT2D eigenvalue weighted by atomic mass is 16.2. The van der Waals surface area contributed by atoms with Gasteiger partial charge in [-0.15, -0.1) is 10.2 Å². The fraction of sp³-hybridized carbons (Fsp3) is 0.600. The van der Waals surface area contributed by atoms with Crippen molar-refractivity contribution in [3.05, 3.63) is 24.8 Å². The summed E-state index contributed by atoms with van der Waals surface area (Å²) >= 11 is 0. The Balaban J connectivity index is 1.88. The van der Waals surface area contributed by atoms with E-state index < -0.39 is 0 Å². The minimum atomic E-state index is -0.204. The normalized spacial score (nSPS) is 15.6. The van der Waals surface area contributed by atoms with E-state index in [1.54, 1.807) is 6.33 Å². The van der Waals surface area contributed by atoms with Gasteiger partial charge in [-0.25, -0.2) is 0 Å². The van der Waals surface area contributed by atoms with Gasteiger partial charge in [0.05, 0.1) is 6.54 Å². The molecule has 1 aromatic rings. The molecule has 0 unspecified atom stereocenters. The van der Waals surface area contributed by atoms with Crippen LogP contribution in [0.4, 0.5) is 0 Å². The lowest BCUT2D eigenvalue weighted by atomic mass is 9.96. The molecule has 22 heavy (non-hydrogen) atoms. The number of likely N-dealkylation sites (tertiary alicyclic amines) is 1. The van der Waals surface area contributed by atoms with Crippen molar-refractivity contribution < 1.29 is 9.59 Å². The first-order valence-electron chi connectivity index (χ1n) is 7.59. The van der Waals surface area contributed by atoms with Gasteiger partial charge < -0.3 is 14.4 Å². The lowest BCUT2D eigenvalue weighted by Gasteiger charge is -2.32. The highest BCUT2D eigenvalue weighted by Gasteiger charge is 2.27. The van der Waals surface area contributed by atoms with Gasteiger partial charge in [0.1, 0.15) is 12.2 Å².